The number of aliphatic hydroxyl groups excluding tert-OH is 1. The number of halogens is 2. The van der Waals surface area contributed by atoms with E-state index in [4.69, 9.17) is 4.42 Å². The van der Waals surface area contributed by atoms with Crippen LogP contribution in [-0.4, -0.2) is 20.1 Å². The van der Waals surface area contributed by atoms with Crippen molar-refractivity contribution in [3.8, 4) is 0 Å². The van der Waals surface area contributed by atoms with Gasteiger partial charge in [0.25, 0.3) is 0 Å². The maximum absolute atomic E-state index is 13.0. The van der Waals surface area contributed by atoms with Gasteiger partial charge in [0.05, 0.1) is 24.4 Å². The van der Waals surface area contributed by atoms with Gasteiger partial charge in [-0.1, -0.05) is 0 Å². The third-order valence-corrected chi connectivity index (χ3v) is 4.30. The van der Waals surface area contributed by atoms with Crippen LogP contribution in [0.4, 0.5) is 8.78 Å². The Morgan fingerprint density at radius 2 is 1.91 bits per heavy atom. The lowest BCUT2D eigenvalue weighted by atomic mass is 10.1. The highest BCUT2D eigenvalue weighted by Gasteiger charge is 2.15. The molecule has 5 nitrogen and oxygen atoms in total. The first-order valence-electron chi connectivity index (χ1n) is 6.48. The van der Waals surface area contributed by atoms with Gasteiger partial charge in [0.15, 0.2) is 0 Å². The fourth-order valence-corrected chi connectivity index (χ4v) is 3.08. The van der Waals surface area contributed by atoms with Gasteiger partial charge in [-0.2, -0.15) is 0 Å². The van der Waals surface area contributed by atoms with E-state index in [2.05, 4.69) is 4.72 Å². The van der Waals surface area contributed by atoms with Crippen LogP contribution in [0, 0.1) is 11.6 Å². The number of nitrogens with one attached hydrogen (secondary N) is 1. The third-order valence-electron chi connectivity index (χ3n) is 2.95. The van der Waals surface area contributed by atoms with E-state index < -0.39 is 33.5 Å². The van der Waals surface area contributed by atoms with Crippen molar-refractivity contribution in [2.75, 3.05) is 6.54 Å². The van der Waals surface area contributed by atoms with E-state index in [1.807, 2.05) is 0 Å². The van der Waals surface area contributed by atoms with E-state index in [1.165, 1.54) is 12.5 Å². The summed E-state index contributed by atoms with van der Waals surface area (Å²) in [6.45, 7) is -0.00746. The summed E-state index contributed by atoms with van der Waals surface area (Å²) in [5.74, 6) is -2.20. The van der Waals surface area contributed by atoms with Crippen LogP contribution in [0.2, 0.25) is 0 Å². The largest absolute Gasteiger partial charge is 0.472 e. The zero-order valence-corrected chi connectivity index (χ0v) is 12.3. The Morgan fingerprint density at radius 1 is 1.23 bits per heavy atom. The minimum atomic E-state index is -3.75. The number of rotatable bonds is 7. The minimum absolute atomic E-state index is 0.00746. The molecule has 120 valence electrons. The maximum Gasteiger partial charge on any atom is 0.215 e. The zero-order chi connectivity index (χ0) is 16.2. The Hall–Kier alpha value is -1.77. The smallest absolute Gasteiger partial charge is 0.215 e. The summed E-state index contributed by atoms with van der Waals surface area (Å²) in [4.78, 5) is 0. The number of aliphatic hydroxyl groups is 1. The molecule has 22 heavy (non-hydrogen) atoms. The number of benzene rings is 1. The van der Waals surface area contributed by atoms with Crippen molar-refractivity contribution in [3.63, 3.8) is 0 Å². The number of sulfonamides is 1. The first-order valence-corrected chi connectivity index (χ1v) is 8.13. The highest BCUT2D eigenvalue weighted by molar-refractivity contribution is 7.88. The van der Waals surface area contributed by atoms with Gasteiger partial charge >= 0.3 is 0 Å². The topological polar surface area (TPSA) is 79.5 Å². The molecule has 0 amide bonds. The maximum atomic E-state index is 13.0. The second kappa shape index (κ2) is 6.99. The molecule has 0 aliphatic carbocycles. The molecule has 0 bridgehead atoms. The summed E-state index contributed by atoms with van der Waals surface area (Å²) in [6, 6.07) is 4.17. The van der Waals surface area contributed by atoms with Gasteiger partial charge in [0.1, 0.15) is 11.6 Å². The molecule has 0 saturated carbocycles. The van der Waals surface area contributed by atoms with E-state index in [1.54, 1.807) is 6.07 Å². The molecule has 0 fully saturated rings. The van der Waals surface area contributed by atoms with Crippen LogP contribution in [0.25, 0.3) is 0 Å². The van der Waals surface area contributed by atoms with Crippen LogP contribution in [-0.2, 0) is 15.8 Å². The van der Waals surface area contributed by atoms with Gasteiger partial charge in [-0.05, 0) is 30.2 Å². The van der Waals surface area contributed by atoms with Gasteiger partial charge in [-0.25, -0.2) is 21.9 Å². The Bertz CT molecular complexity index is 696. The average molecular weight is 331 g/mol. The van der Waals surface area contributed by atoms with Crippen LogP contribution in [0.5, 0.6) is 0 Å². The van der Waals surface area contributed by atoms with Gasteiger partial charge in [0, 0.05) is 18.2 Å². The first kappa shape index (κ1) is 16.6. The molecule has 2 N–H and O–H groups in total. The van der Waals surface area contributed by atoms with Gasteiger partial charge in [-0.15, -0.1) is 0 Å². The van der Waals surface area contributed by atoms with Gasteiger partial charge in [0.2, 0.25) is 10.0 Å². The van der Waals surface area contributed by atoms with E-state index in [0.717, 1.165) is 12.1 Å². The Morgan fingerprint density at radius 3 is 2.50 bits per heavy atom. The van der Waals surface area contributed by atoms with Crippen molar-refractivity contribution in [2.24, 2.45) is 0 Å². The molecular formula is C14H15F2NO4S. The zero-order valence-electron chi connectivity index (χ0n) is 11.5. The summed E-state index contributed by atoms with van der Waals surface area (Å²) in [7, 11) is -3.75. The molecule has 0 spiro atoms. The second-order valence-electron chi connectivity index (χ2n) is 4.79. The summed E-state index contributed by atoms with van der Waals surface area (Å²) in [5.41, 5.74) is 0.562. The molecule has 8 heteroatoms. The van der Waals surface area contributed by atoms with Crippen molar-refractivity contribution in [1.29, 1.82) is 0 Å². The molecule has 1 heterocycles. The van der Waals surface area contributed by atoms with E-state index in [9.17, 15) is 22.3 Å². The van der Waals surface area contributed by atoms with Crippen LogP contribution in [0.3, 0.4) is 0 Å². The minimum Gasteiger partial charge on any atom is -0.472 e. The molecule has 0 aliphatic rings. The molecule has 0 saturated heterocycles. The Labute approximate surface area is 126 Å². The monoisotopic (exact) mass is 331 g/mol. The normalized spacial score (nSPS) is 13.2. The molecule has 2 rings (SSSR count). The summed E-state index contributed by atoms with van der Waals surface area (Å²) < 4.78 is 56.8. The quantitative estimate of drug-likeness (QED) is 0.814. The molecule has 1 aromatic carbocycles. The Kier molecular flexibility index (Phi) is 5.28. The van der Waals surface area contributed by atoms with E-state index >= 15 is 0 Å². The van der Waals surface area contributed by atoms with Crippen molar-refractivity contribution < 1.29 is 26.7 Å². The number of furan rings is 1. The van der Waals surface area contributed by atoms with Crippen LogP contribution >= 0.6 is 0 Å². The summed E-state index contributed by atoms with van der Waals surface area (Å²) >= 11 is 0. The molecule has 1 atom stereocenters. The highest BCUT2D eigenvalue weighted by atomic mass is 32.2. The standard InChI is InChI=1S/C14H15F2NO4S/c15-12-5-10(6-13(16)7-12)9-22(19,20)17-3-1-14(18)11-2-4-21-8-11/h2,4-8,14,17-18H,1,3,9H2. The lowest BCUT2D eigenvalue weighted by Gasteiger charge is -2.10. The number of hydrogen-bond donors (Lipinski definition) is 2. The average Bonchev–Trinajstić information content (AvgIpc) is 2.89. The van der Waals surface area contributed by atoms with Crippen molar-refractivity contribution in [1.82, 2.24) is 4.72 Å². The first-order chi connectivity index (χ1) is 10.4. The predicted molar refractivity (Wildman–Crippen MR) is 75.3 cm³/mol. The molecule has 0 aliphatic heterocycles. The second-order valence-corrected chi connectivity index (χ2v) is 6.60. The molecule has 2 aromatic rings. The Balaban J connectivity index is 1.88. The van der Waals surface area contributed by atoms with E-state index in [0.29, 0.717) is 11.6 Å². The van der Waals surface area contributed by atoms with Gasteiger partial charge < -0.3 is 9.52 Å². The fraction of sp³-hybridized carbons (Fsp3) is 0.286. The van der Waals surface area contributed by atoms with Crippen LogP contribution in [0.1, 0.15) is 23.7 Å². The number of hydrogen-bond acceptors (Lipinski definition) is 4. The molecule has 1 unspecified atom stereocenters. The van der Waals surface area contributed by atoms with Crippen molar-refractivity contribution in [3.05, 3.63) is 59.6 Å². The van der Waals surface area contributed by atoms with Crippen LogP contribution in [0.15, 0.2) is 41.2 Å². The fourth-order valence-electron chi connectivity index (χ4n) is 1.95. The summed E-state index contributed by atoms with van der Waals surface area (Å²) in [6.07, 6.45) is 2.07. The molecule has 0 radical (unpaired) electrons. The van der Waals surface area contributed by atoms with Crippen molar-refractivity contribution in [2.45, 2.75) is 18.3 Å². The SMILES string of the molecule is O=S(=O)(Cc1cc(F)cc(F)c1)NCCC(O)c1ccoc1. The summed E-state index contributed by atoms with van der Waals surface area (Å²) in [5, 5.41) is 9.77. The van der Waals surface area contributed by atoms with Gasteiger partial charge in [-0.3, -0.25) is 0 Å². The lowest BCUT2D eigenvalue weighted by molar-refractivity contribution is 0.168. The third kappa shape index (κ3) is 4.90. The molecular weight excluding hydrogens is 316 g/mol. The van der Waals surface area contributed by atoms with E-state index in [-0.39, 0.29) is 18.5 Å². The predicted octanol–water partition coefficient (Wildman–Crippen LogP) is 2.10. The molecule has 1 aromatic heterocycles. The van der Waals surface area contributed by atoms with Crippen molar-refractivity contribution >= 4 is 10.0 Å². The lowest BCUT2D eigenvalue weighted by Crippen LogP contribution is -2.27. The highest BCUT2D eigenvalue weighted by Crippen LogP contribution is 2.16. The van der Waals surface area contributed by atoms with Crippen LogP contribution < -0.4 is 4.72 Å².